The van der Waals surface area contributed by atoms with Gasteiger partial charge in [0, 0.05) is 6.42 Å². The summed E-state index contributed by atoms with van der Waals surface area (Å²) in [7, 11) is 0. The van der Waals surface area contributed by atoms with Crippen LogP contribution in [0.5, 0.6) is 0 Å². The zero-order valence-electron chi connectivity index (χ0n) is 16.6. The summed E-state index contributed by atoms with van der Waals surface area (Å²) in [5, 5.41) is 0. The molecule has 1 saturated heterocycles. The molecule has 29 heavy (non-hydrogen) atoms. The highest BCUT2D eigenvalue weighted by Gasteiger charge is 2.44. The Balaban J connectivity index is 1.57. The Kier molecular flexibility index (Phi) is 4.69. The Morgan fingerprint density at radius 2 is 1.66 bits per heavy atom. The molecule has 2 aliphatic rings. The molecule has 0 saturated carbocycles. The monoisotopic (exact) mass is 383 g/mol. The van der Waals surface area contributed by atoms with Gasteiger partial charge < -0.3 is 9.64 Å². The van der Waals surface area contributed by atoms with E-state index in [9.17, 15) is 4.79 Å². The van der Waals surface area contributed by atoms with Gasteiger partial charge in [-0.15, -0.1) is 0 Å². The summed E-state index contributed by atoms with van der Waals surface area (Å²) in [4.78, 5) is 15.9. The highest BCUT2D eigenvalue weighted by molar-refractivity contribution is 5.86. The van der Waals surface area contributed by atoms with Gasteiger partial charge in [-0.25, -0.2) is 0 Å². The van der Waals surface area contributed by atoms with Crippen molar-refractivity contribution in [3.05, 3.63) is 107 Å². The van der Waals surface area contributed by atoms with E-state index < -0.39 is 0 Å². The molecular weight excluding hydrogens is 358 g/mol. The summed E-state index contributed by atoms with van der Waals surface area (Å²) in [6.07, 6.45) is 1.26. The fourth-order valence-electron chi connectivity index (χ4n) is 4.77. The van der Waals surface area contributed by atoms with Crippen LogP contribution < -0.4 is 0 Å². The van der Waals surface area contributed by atoms with Gasteiger partial charge in [-0.05, 0) is 41.2 Å². The van der Waals surface area contributed by atoms with E-state index in [0.717, 1.165) is 17.5 Å². The third-order valence-corrected chi connectivity index (χ3v) is 6.34. The van der Waals surface area contributed by atoms with Crippen molar-refractivity contribution in [2.45, 2.75) is 38.0 Å². The minimum absolute atomic E-state index is 0.0256. The lowest BCUT2D eigenvalue weighted by Gasteiger charge is -2.29. The van der Waals surface area contributed by atoms with Crippen LogP contribution in [0.1, 0.15) is 39.8 Å². The number of ether oxygens (including phenoxy) is 1. The van der Waals surface area contributed by atoms with Crippen molar-refractivity contribution in [1.82, 2.24) is 4.90 Å². The molecule has 3 aromatic rings. The standard InChI is InChI=1S/C26H25NO2/c1-18-9-5-6-12-20(18)15-23-22-14-8-7-13-21(22)16-25-27(26(23)28)24(17-29-25)19-10-3-2-4-11-19/h2-14,23-25H,15-17H2,1H3/t23-,24+,25+/m0/s1. The Bertz CT molecular complexity index is 1030. The SMILES string of the molecule is Cc1ccccc1C[C@@H]1C(=O)N2[C@@H](c3ccccc3)CO[C@@H]2Cc2ccccc21. The van der Waals surface area contributed by atoms with Gasteiger partial charge >= 0.3 is 0 Å². The van der Waals surface area contributed by atoms with E-state index in [4.69, 9.17) is 4.74 Å². The molecule has 1 amide bonds. The van der Waals surface area contributed by atoms with Crippen LogP contribution in [0, 0.1) is 6.92 Å². The summed E-state index contributed by atoms with van der Waals surface area (Å²) in [6.45, 7) is 2.68. The van der Waals surface area contributed by atoms with Crippen LogP contribution in [0.15, 0.2) is 78.9 Å². The number of nitrogens with zero attached hydrogens (tertiary/aromatic N) is 1. The topological polar surface area (TPSA) is 29.5 Å². The van der Waals surface area contributed by atoms with Crippen LogP contribution in [0.4, 0.5) is 0 Å². The number of carbonyl (C=O) groups is 1. The van der Waals surface area contributed by atoms with Crippen molar-refractivity contribution in [2.24, 2.45) is 0 Å². The maximum atomic E-state index is 13.9. The lowest BCUT2D eigenvalue weighted by molar-refractivity contribution is -0.138. The van der Waals surface area contributed by atoms with Crippen LogP contribution in [0.3, 0.4) is 0 Å². The van der Waals surface area contributed by atoms with Crippen molar-refractivity contribution in [1.29, 1.82) is 0 Å². The molecule has 2 heterocycles. The third-order valence-electron chi connectivity index (χ3n) is 6.34. The first-order valence-corrected chi connectivity index (χ1v) is 10.3. The summed E-state index contributed by atoms with van der Waals surface area (Å²) < 4.78 is 6.16. The normalized spacial score (nSPS) is 23.4. The molecular formula is C26H25NO2. The first kappa shape index (κ1) is 18.1. The Morgan fingerprint density at radius 1 is 0.931 bits per heavy atom. The van der Waals surface area contributed by atoms with Gasteiger partial charge in [0.2, 0.25) is 5.91 Å². The number of hydrogen-bond acceptors (Lipinski definition) is 2. The fraction of sp³-hybridized carbons (Fsp3) is 0.269. The smallest absolute Gasteiger partial charge is 0.233 e. The predicted molar refractivity (Wildman–Crippen MR) is 114 cm³/mol. The molecule has 3 nitrogen and oxygen atoms in total. The van der Waals surface area contributed by atoms with Gasteiger partial charge in [0.25, 0.3) is 0 Å². The van der Waals surface area contributed by atoms with E-state index in [2.05, 4.69) is 61.5 Å². The first-order chi connectivity index (χ1) is 14.2. The van der Waals surface area contributed by atoms with Crippen molar-refractivity contribution in [2.75, 3.05) is 6.61 Å². The zero-order chi connectivity index (χ0) is 19.8. The second-order valence-electron chi connectivity index (χ2n) is 8.05. The molecule has 0 unspecified atom stereocenters. The molecule has 0 bridgehead atoms. The summed E-state index contributed by atoms with van der Waals surface area (Å²) in [5.74, 6) is -0.0141. The van der Waals surface area contributed by atoms with Crippen LogP contribution >= 0.6 is 0 Å². The molecule has 5 rings (SSSR count). The van der Waals surface area contributed by atoms with Gasteiger partial charge in [0.1, 0.15) is 6.23 Å². The summed E-state index contributed by atoms with van der Waals surface area (Å²) >= 11 is 0. The first-order valence-electron chi connectivity index (χ1n) is 10.3. The number of benzene rings is 3. The van der Waals surface area contributed by atoms with Crippen molar-refractivity contribution < 1.29 is 9.53 Å². The van der Waals surface area contributed by atoms with Crippen LogP contribution in [0.25, 0.3) is 0 Å². The van der Waals surface area contributed by atoms with Gasteiger partial charge in [0.05, 0.1) is 18.6 Å². The summed E-state index contributed by atoms with van der Waals surface area (Å²) in [6, 6.07) is 27.0. The largest absolute Gasteiger partial charge is 0.355 e. The quantitative estimate of drug-likeness (QED) is 0.650. The van der Waals surface area contributed by atoms with E-state index in [0.29, 0.717) is 13.0 Å². The maximum Gasteiger partial charge on any atom is 0.233 e. The maximum absolute atomic E-state index is 13.9. The van der Waals surface area contributed by atoms with Crippen LogP contribution in [0.2, 0.25) is 0 Å². The molecule has 0 aliphatic carbocycles. The number of rotatable bonds is 3. The lowest BCUT2D eigenvalue weighted by atomic mass is 9.86. The zero-order valence-corrected chi connectivity index (χ0v) is 16.6. The van der Waals surface area contributed by atoms with Gasteiger partial charge in [0.15, 0.2) is 0 Å². The Labute approximate surface area is 171 Å². The van der Waals surface area contributed by atoms with E-state index >= 15 is 0 Å². The van der Waals surface area contributed by atoms with Crippen molar-refractivity contribution in [3.8, 4) is 0 Å². The molecule has 146 valence electrons. The third kappa shape index (κ3) is 3.26. The van der Waals surface area contributed by atoms with Gasteiger partial charge in [-0.3, -0.25) is 4.79 Å². The molecule has 0 spiro atoms. The minimum atomic E-state index is -0.198. The molecule has 1 fully saturated rings. The van der Waals surface area contributed by atoms with E-state index in [1.54, 1.807) is 0 Å². The molecule has 3 heteroatoms. The van der Waals surface area contributed by atoms with Crippen LogP contribution in [-0.2, 0) is 22.4 Å². The van der Waals surface area contributed by atoms with E-state index in [1.165, 1.54) is 16.7 Å². The fourth-order valence-corrected chi connectivity index (χ4v) is 4.77. The average molecular weight is 383 g/mol. The number of aryl methyl sites for hydroxylation is 1. The van der Waals surface area contributed by atoms with Crippen molar-refractivity contribution >= 4 is 5.91 Å². The minimum Gasteiger partial charge on any atom is -0.355 e. The number of fused-ring (bicyclic) bond motifs is 2. The highest BCUT2D eigenvalue weighted by atomic mass is 16.5. The van der Waals surface area contributed by atoms with Gasteiger partial charge in [-0.2, -0.15) is 0 Å². The van der Waals surface area contributed by atoms with Crippen LogP contribution in [-0.4, -0.2) is 23.6 Å². The summed E-state index contributed by atoms with van der Waals surface area (Å²) in [5.41, 5.74) is 5.97. The molecule has 2 aliphatic heterocycles. The molecule has 0 radical (unpaired) electrons. The van der Waals surface area contributed by atoms with E-state index in [1.807, 2.05) is 29.2 Å². The number of amides is 1. The molecule has 3 aromatic carbocycles. The van der Waals surface area contributed by atoms with E-state index in [-0.39, 0.29) is 24.1 Å². The van der Waals surface area contributed by atoms with Gasteiger partial charge in [-0.1, -0.05) is 78.9 Å². The molecule has 0 aromatic heterocycles. The second-order valence-corrected chi connectivity index (χ2v) is 8.05. The Morgan fingerprint density at radius 3 is 2.48 bits per heavy atom. The molecule has 3 atom stereocenters. The van der Waals surface area contributed by atoms with Crippen molar-refractivity contribution in [3.63, 3.8) is 0 Å². The number of carbonyl (C=O) groups excluding carboxylic acids is 1. The highest BCUT2D eigenvalue weighted by Crippen LogP contribution is 2.40. The second kappa shape index (κ2) is 7.49. The molecule has 0 N–H and O–H groups in total. The average Bonchev–Trinajstić information content (AvgIpc) is 3.13. The lowest BCUT2D eigenvalue weighted by Crippen LogP contribution is -2.40. The number of hydrogen-bond donors (Lipinski definition) is 0. The Hall–Kier alpha value is -2.91. The predicted octanol–water partition coefficient (Wildman–Crippen LogP) is 4.80.